The number of nitrogens with zero attached hydrogens (tertiary/aromatic N) is 4. The molecule has 138 valence electrons. The second kappa shape index (κ2) is 8.73. The van der Waals surface area contributed by atoms with E-state index in [1.807, 2.05) is 42.3 Å². The highest BCUT2D eigenvalue weighted by Crippen LogP contribution is 2.16. The summed E-state index contributed by atoms with van der Waals surface area (Å²) in [6.07, 6.45) is 2.60. The van der Waals surface area contributed by atoms with Crippen LogP contribution in [0, 0.1) is 0 Å². The van der Waals surface area contributed by atoms with Gasteiger partial charge in [0.25, 0.3) is 0 Å². The lowest BCUT2D eigenvalue weighted by Gasteiger charge is -2.24. The van der Waals surface area contributed by atoms with E-state index in [0.717, 1.165) is 18.5 Å². The molecular weight excluding hydrogens is 330 g/mol. The van der Waals surface area contributed by atoms with Gasteiger partial charge in [0.1, 0.15) is 18.2 Å². The van der Waals surface area contributed by atoms with Crippen LogP contribution in [0.5, 0.6) is 0 Å². The monoisotopic (exact) mass is 355 g/mol. The lowest BCUT2D eigenvalue weighted by Crippen LogP contribution is -2.37. The van der Waals surface area contributed by atoms with Crippen LogP contribution in [0.4, 0.5) is 5.82 Å². The molecule has 1 fully saturated rings. The molecule has 2 N–H and O–H groups in total. The smallest absolute Gasteiger partial charge is 0.248 e. The number of carbonyl (C=O) groups excluding carboxylic acids is 1. The molecule has 1 atom stereocenters. The maximum absolute atomic E-state index is 12.3. The number of likely N-dealkylation sites (N-methyl/N-ethyl adjacent to an activating group) is 1. The summed E-state index contributed by atoms with van der Waals surface area (Å²) in [5, 5.41) is 0. The van der Waals surface area contributed by atoms with Gasteiger partial charge < -0.3 is 15.4 Å². The standard InChI is InChI=1S/C19H25N5O2/c1-23(12-18-21-9-7-17(20)22-18)16-8-10-24(11-16)19(25)14-26-13-15-5-3-2-4-6-15/h2-7,9,16H,8,10-14H2,1H3,(H2,20,21,22). The van der Waals surface area contributed by atoms with Gasteiger partial charge in [-0.05, 0) is 25.1 Å². The summed E-state index contributed by atoms with van der Waals surface area (Å²) in [5.74, 6) is 1.21. The molecular formula is C19H25N5O2. The van der Waals surface area contributed by atoms with Crippen LogP contribution in [-0.4, -0.2) is 58.5 Å². The van der Waals surface area contributed by atoms with Crippen molar-refractivity contribution in [2.45, 2.75) is 25.6 Å². The molecule has 0 bridgehead atoms. The Kier molecular flexibility index (Phi) is 6.14. The number of amides is 1. The number of rotatable bonds is 7. The van der Waals surface area contributed by atoms with Crippen molar-refractivity contribution in [1.82, 2.24) is 19.8 Å². The van der Waals surface area contributed by atoms with Gasteiger partial charge in [0.15, 0.2) is 0 Å². The topological polar surface area (TPSA) is 84.6 Å². The highest BCUT2D eigenvalue weighted by atomic mass is 16.5. The highest BCUT2D eigenvalue weighted by Gasteiger charge is 2.29. The zero-order valence-corrected chi connectivity index (χ0v) is 15.0. The number of carbonyl (C=O) groups is 1. The summed E-state index contributed by atoms with van der Waals surface area (Å²) in [4.78, 5) is 24.9. The van der Waals surface area contributed by atoms with Crippen molar-refractivity contribution < 1.29 is 9.53 Å². The Morgan fingerprint density at radius 3 is 2.92 bits per heavy atom. The molecule has 1 saturated heterocycles. The Balaban J connectivity index is 1.43. The molecule has 1 aromatic heterocycles. The van der Waals surface area contributed by atoms with Gasteiger partial charge in [0, 0.05) is 25.3 Å². The fourth-order valence-electron chi connectivity index (χ4n) is 3.09. The molecule has 1 unspecified atom stereocenters. The first-order chi connectivity index (χ1) is 12.6. The first kappa shape index (κ1) is 18.3. The number of ether oxygens (including phenoxy) is 1. The van der Waals surface area contributed by atoms with E-state index in [2.05, 4.69) is 14.9 Å². The lowest BCUT2D eigenvalue weighted by atomic mass is 10.2. The number of likely N-dealkylation sites (tertiary alicyclic amines) is 1. The van der Waals surface area contributed by atoms with Gasteiger partial charge in [-0.15, -0.1) is 0 Å². The van der Waals surface area contributed by atoms with E-state index in [1.54, 1.807) is 12.3 Å². The fourth-order valence-corrected chi connectivity index (χ4v) is 3.09. The normalized spacial score (nSPS) is 17.0. The third kappa shape index (κ3) is 5.00. The van der Waals surface area contributed by atoms with Gasteiger partial charge in [0.2, 0.25) is 5.91 Å². The van der Waals surface area contributed by atoms with E-state index in [4.69, 9.17) is 10.5 Å². The van der Waals surface area contributed by atoms with Crippen molar-refractivity contribution in [3.63, 3.8) is 0 Å². The first-order valence-electron chi connectivity index (χ1n) is 8.79. The van der Waals surface area contributed by atoms with Crippen molar-refractivity contribution in [2.75, 3.05) is 32.5 Å². The zero-order chi connectivity index (χ0) is 18.4. The second-order valence-corrected chi connectivity index (χ2v) is 6.57. The molecule has 0 aliphatic carbocycles. The fraction of sp³-hybridized carbons (Fsp3) is 0.421. The summed E-state index contributed by atoms with van der Waals surface area (Å²) in [5.41, 5.74) is 6.77. The molecule has 1 aliphatic heterocycles. The number of nitrogen functional groups attached to an aromatic ring is 1. The number of anilines is 1. The molecule has 0 saturated carbocycles. The number of hydrogen-bond donors (Lipinski definition) is 1. The largest absolute Gasteiger partial charge is 0.384 e. The van der Waals surface area contributed by atoms with Gasteiger partial charge in [0.05, 0.1) is 13.2 Å². The molecule has 1 aliphatic rings. The van der Waals surface area contributed by atoms with Gasteiger partial charge in [-0.3, -0.25) is 9.69 Å². The molecule has 7 heteroatoms. The van der Waals surface area contributed by atoms with Crippen molar-refractivity contribution >= 4 is 11.7 Å². The SMILES string of the molecule is CN(Cc1nccc(N)n1)C1CCN(C(=O)COCc2ccccc2)C1. The summed E-state index contributed by atoms with van der Waals surface area (Å²) in [6, 6.07) is 11.8. The van der Waals surface area contributed by atoms with Gasteiger partial charge >= 0.3 is 0 Å². The number of nitrogens with two attached hydrogens (primary N) is 1. The van der Waals surface area contributed by atoms with Crippen LogP contribution in [-0.2, 0) is 22.7 Å². The maximum atomic E-state index is 12.3. The van der Waals surface area contributed by atoms with Crippen LogP contribution in [0.3, 0.4) is 0 Å². The van der Waals surface area contributed by atoms with Gasteiger partial charge in [-0.1, -0.05) is 30.3 Å². The van der Waals surface area contributed by atoms with E-state index in [9.17, 15) is 4.79 Å². The van der Waals surface area contributed by atoms with Gasteiger partial charge in [-0.2, -0.15) is 0 Å². The minimum absolute atomic E-state index is 0.0389. The average Bonchev–Trinajstić information content (AvgIpc) is 3.13. The summed E-state index contributed by atoms with van der Waals surface area (Å²) >= 11 is 0. The van der Waals surface area contributed by atoms with E-state index >= 15 is 0 Å². The predicted molar refractivity (Wildman–Crippen MR) is 99.0 cm³/mol. The minimum Gasteiger partial charge on any atom is -0.384 e. The highest BCUT2D eigenvalue weighted by molar-refractivity contribution is 5.77. The van der Waals surface area contributed by atoms with Crippen molar-refractivity contribution in [3.8, 4) is 0 Å². The second-order valence-electron chi connectivity index (χ2n) is 6.57. The Morgan fingerprint density at radius 1 is 1.35 bits per heavy atom. The van der Waals surface area contributed by atoms with Crippen LogP contribution < -0.4 is 5.73 Å². The Hall–Kier alpha value is -2.51. The molecule has 2 aromatic rings. The summed E-state index contributed by atoms with van der Waals surface area (Å²) in [6.45, 7) is 2.63. The molecule has 2 heterocycles. The maximum Gasteiger partial charge on any atom is 0.248 e. The molecule has 7 nitrogen and oxygen atoms in total. The number of benzene rings is 1. The Labute approximate surface area is 153 Å². The number of hydrogen-bond acceptors (Lipinski definition) is 6. The third-order valence-electron chi connectivity index (χ3n) is 4.59. The zero-order valence-electron chi connectivity index (χ0n) is 15.0. The Morgan fingerprint density at radius 2 is 2.15 bits per heavy atom. The number of aromatic nitrogens is 2. The van der Waals surface area contributed by atoms with Crippen molar-refractivity contribution in [1.29, 1.82) is 0 Å². The van der Waals surface area contributed by atoms with Crippen LogP contribution in [0.2, 0.25) is 0 Å². The van der Waals surface area contributed by atoms with E-state index in [-0.39, 0.29) is 18.6 Å². The van der Waals surface area contributed by atoms with E-state index in [0.29, 0.717) is 31.3 Å². The third-order valence-corrected chi connectivity index (χ3v) is 4.59. The lowest BCUT2D eigenvalue weighted by molar-refractivity contribution is -0.135. The summed E-state index contributed by atoms with van der Waals surface area (Å²) in [7, 11) is 2.02. The summed E-state index contributed by atoms with van der Waals surface area (Å²) < 4.78 is 5.56. The van der Waals surface area contributed by atoms with Crippen LogP contribution in [0.25, 0.3) is 0 Å². The molecule has 1 aromatic carbocycles. The molecule has 0 radical (unpaired) electrons. The van der Waals surface area contributed by atoms with Gasteiger partial charge in [-0.25, -0.2) is 9.97 Å². The first-order valence-corrected chi connectivity index (χ1v) is 8.79. The van der Waals surface area contributed by atoms with Crippen molar-refractivity contribution in [2.24, 2.45) is 0 Å². The molecule has 26 heavy (non-hydrogen) atoms. The van der Waals surface area contributed by atoms with Crippen LogP contribution >= 0.6 is 0 Å². The quantitative estimate of drug-likeness (QED) is 0.806. The molecule has 3 rings (SSSR count). The van der Waals surface area contributed by atoms with E-state index < -0.39 is 0 Å². The van der Waals surface area contributed by atoms with E-state index in [1.165, 1.54) is 0 Å². The minimum atomic E-state index is 0.0389. The molecule has 1 amide bonds. The predicted octanol–water partition coefficient (Wildman–Crippen LogP) is 1.31. The Bertz CT molecular complexity index is 725. The van der Waals surface area contributed by atoms with Crippen LogP contribution in [0.15, 0.2) is 42.6 Å². The van der Waals surface area contributed by atoms with Crippen LogP contribution in [0.1, 0.15) is 17.8 Å². The molecule has 0 spiro atoms. The average molecular weight is 355 g/mol. The van der Waals surface area contributed by atoms with Crippen molar-refractivity contribution in [3.05, 3.63) is 54.0 Å².